The molecular formula is C15H20FNO. The second-order valence-corrected chi connectivity index (χ2v) is 5.08. The Morgan fingerprint density at radius 2 is 2.11 bits per heavy atom. The lowest BCUT2D eigenvalue weighted by molar-refractivity contribution is 0.101. The largest absolute Gasteiger partial charge is 0.366 e. The van der Waals surface area contributed by atoms with Gasteiger partial charge < -0.3 is 4.90 Å². The SMILES string of the molecule is CC(=O)c1cccc(F)c1N1CCCCCC1C. The van der Waals surface area contributed by atoms with Crippen molar-refractivity contribution in [2.45, 2.75) is 45.6 Å². The molecule has 3 heteroatoms. The van der Waals surface area contributed by atoms with Gasteiger partial charge in [0.25, 0.3) is 0 Å². The Morgan fingerprint density at radius 1 is 1.33 bits per heavy atom. The number of hydrogen-bond donors (Lipinski definition) is 0. The summed E-state index contributed by atoms with van der Waals surface area (Å²) in [5.41, 5.74) is 1.00. The number of carbonyl (C=O) groups excluding carboxylic acids is 1. The first-order chi connectivity index (χ1) is 8.61. The first-order valence-corrected chi connectivity index (χ1v) is 6.67. The zero-order chi connectivity index (χ0) is 13.1. The van der Waals surface area contributed by atoms with Crippen molar-refractivity contribution in [1.82, 2.24) is 0 Å². The Balaban J connectivity index is 2.44. The predicted molar refractivity (Wildman–Crippen MR) is 71.7 cm³/mol. The molecule has 0 radical (unpaired) electrons. The first kappa shape index (κ1) is 13.1. The minimum Gasteiger partial charge on any atom is -0.366 e. The van der Waals surface area contributed by atoms with Gasteiger partial charge in [0.15, 0.2) is 5.78 Å². The molecule has 1 unspecified atom stereocenters. The third-order valence-corrected chi connectivity index (χ3v) is 3.71. The van der Waals surface area contributed by atoms with Gasteiger partial charge in [-0.05, 0) is 38.8 Å². The van der Waals surface area contributed by atoms with Crippen molar-refractivity contribution >= 4 is 11.5 Å². The maximum Gasteiger partial charge on any atom is 0.161 e. The number of para-hydroxylation sites is 1. The lowest BCUT2D eigenvalue weighted by atomic mass is 10.1. The fourth-order valence-corrected chi connectivity index (χ4v) is 2.70. The van der Waals surface area contributed by atoms with E-state index < -0.39 is 0 Å². The highest BCUT2D eigenvalue weighted by atomic mass is 19.1. The Bertz CT molecular complexity index is 444. The van der Waals surface area contributed by atoms with Gasteiger partial charge in [-0.25, -0.2) is 4.39 Å². The second kappa shape index (κ2) is 5.51. The number of anilines is 1. The maximum absolute atomic E-state index is 14.1. The molecule has 0 aliphatic carbocycles. The topological polar surface area (TPSA) is 20.3 Å². The molecule has 1 aromatic carbocycles. The Hall–Kier alpha value is -1.38. The summed E-state index contributed by atoms with van der Waals surface area (Å²) in [6.07, 6.45) is 4.49. The van der Waals surface area contributed by atoms with Crippen LogP contribution >= 0.6 is 0 Å². The van der Waals surface area contributed by atoms with Crippen molar-refractivity contribution in [2.24, 2.45) is 0 Å². The molecule has 0 amide bonds. The molecule has 0 N–H and O–H groups in total. The average Bonchev–Trinajstić information content (AvgIpc) is 2.54. The van der Waals surface area contributed by atoms with Crippen LogP contribution in [0.1, 0.15) is 49.9 Å². The molecule has 1 atom stereocenters. The van der Waals surface area contributed by atoms with Gasteiger partial charge in [0.05, 0.1) is 5.69 Å². The maximum atomic E-state index is 14.1. The number of ketones is 1. The summed E-state index contributed by atoms with van der Waals surface area (Å²) in [7, 11) is 0. The van der Waals surface area contributed by atoms with Gasteiger partial charge in [-0.1, -0.05) is 18.9 Å². The summed E-state index contributed by atoms with van der Waals surface area (Å²) in [6, 6.07) is 5.07. The predicted octanol–water partition coefficient (Wildman–Crippen LogP) is 3.80. The van der Waals surface area contributed by atoms with Crippen LogP contribution in [0.5, 0.6) is 0 Å². The molecule has 2 nitrogen and oxygen atoms in total. The fraction of sp³-hybridized carbons (Fsp3) is 0.533. The van der Waals surface area contributed by atoms with Crippen LogP contribution in [-0.4, -0.2) is 18.4 Å². The number of rotatable bonds is 2. The normalized spacial score (nSPS) is 20.6. The summed E-state index contributed by atoms with van der Waals surface area (Å²) < 4.78 is 14.1. The van der Waals surface area contributed by atoms with Gasteiger partial charge >= 0.3 is 0 Å². The van der Waals surface area contributed by atoms with Gasteiger partial charge in [0.2, 0.25) is 0 Å². The molecule has 1 aliphatic rings. The minimum atomic E-state index is -0.281. The number of benzene rings is 1. The van der Waals surface area contributed by atoms with E-state index in [4.69, 9.17) is 0 Å². The fourth-order valence-electron chi connectivity index (χ4n) is 2.70. The third-order valence-electron chi connectivity index (χ3n) is 3.71. The van der Waals surface area contributed by atoms with Crippen molar-refractivity contribution in [3.05, 3.63) is 29.6 Å². The van der Waals surface area contributed by atoms with E-state index in [2.05, 4.69) is 11.8 Å². The van der Waals surface area contributed by atoms with Gasteiger partial charge in [-0.3, -0.25) is 4.79 Å². The van der Waals surface area contributed by atoms with Crippen molar-refractivity contribution < 1.29 is 9.18 Å². The molecule has 1 heterocycles. The number of nitrogens with zero attached hydrogens (tertiary/aromatic N) is 1. The third kappa shape index (κ3) is 2.55. The second-order valence-electron chi connectivity index (χ2n) is 5.08. The number of Topliss-reactive ketones (excluding diaryl/α,β-unsaturated/α-hetero) is 1. The van der Waals surface area contributed by atoms with Gasteiger partial charge in [0, 0.05) is 18.2 Å². The Kier molecular flexibility index (Phi) is 4.00. The molecule has 98 valence electrons. The number of hydrogen-bond acceptors (Lipinski definition) is 2. The first-order valence-electron chi connectivity index (χ1n) is 6.67. The van der Waals surface area contributed by atoms with Gasteiger partial charge in [-0.2, -0.15) is 0 Å². The lowest BCUT2D eigenvalue weighted by Crippen LogP contribution is -2.34. The van der Waals surface area contributed by atoms with Crippen LogP contribution in [0.25, 0.3) is 0 Å². The van der Waals surface area contributed by atoms with Crippen LogP contribution in [0.3, 0.4) is 0 Å². The van der Waals surface area contributed by atoms with E-state index >= 15 is 0 Å². The molecule has 1 aliphatic heterocycles. The van der Waals surface area contributed by atoms with Crippen LogP contribution in [0.2, 0.25) is 0 Å². The summed E-state index contributed by atoms with van der Waals surface area (Å²) in [5, 5.41) is 0. The summed E-state index contributed by atoms with van der Waals surface area (Å²) in [6.45, 7) is 4.45. The van der Waals surface area contributed by atoms with Crippen LogP contribution in [0, 0.1) is 5.82 Å². The quantitative estimate of drug-likeness (QED) is 0.743. The minimum absolute atomic E-state index is 0.0686. The van der Waals surface area contributed by atoms with E-state index in [1.807, 2.05) is 0 Å². The monoisotopic (exact) mass is 249 g/mol. The highest BCUT2D eigenvalue weighted by molar-refractivity contribution is 5.99. The van der Waals surface area contributed by atoms with Crippen molar-refractivity contribution in [2.75, 3.05) is 11.4 Å². The molecule has 18 heavy (non-hydrogen) atoms. The zero-order valence-corrected chi connectivity index (χ0v) is 11.1. The van der Waals surface area contributed by atoms with E-state index in [-0.39, 0.29) is 11.6 Å². The summed E-state index contributed by atoms with van der Waals surface area (Å²) >= 11 is 0. The molecule has 1 fully saturated rings. The average molecular weight is 249 g/mol. The Labute approximate surface area is 108 Å². The molecule has 0 saturated carbocycles. The summed E-state index contributed by atoms with van der Waals surface area (Å²) in [5.74, 6) is -0.350. The smallest absolute Gasteiger partial charge is 0.161 e. The molecule has 0 aromatic heterocycles. The van der Waals surface area contributed by atoms with Crippen molar-refractivity contribution in [3.8, 4) is 0 Å². The van der Waals surface area contributed by atoms with Gasteiger partial charge in [-0.15, -0.1) is 0 Å². The van der Waals surface area contributed by atoms with Crippen LogP contribution < -0.4 is 4.90 Å². The molecular weight excluding hydrogens is 229 g/mol. The molecule has 1 aromatic rings. The number of carbonyl (C=O) groups is 1. The van der Waals surface area contributed by atoms with Gasteiger partial charge in [0.1, 0.15) is 5.82 Å². The zero-order valence-electron chi connectivity index (χ0n) is 11.1. The standard InChI is InChI=1S/C15H20FNO/c1-11-7-4-3-5-10-17(11)15-13(12(2)18)8-6-9-14(15)16/h6,8-9,11H,3-5,7,10H2,1-2H3. The van der Waals surface area contributed by atoms with Crippen molar-refractivity contribution in [3.63, 3.8) is 0 Å². The molecule has 0 bridgehead atoms. The number of halogens is 1. The van der Waals surface area contributed by atoms with Crippen molar-refractivity contribution in [1.29, 1.82) is 0 Å². The van der Waals surface area contributed by atoms with E-state index in [1.54, 1.807) is 12.1 Å². The van der Waals surface area contributed by atoms with Crippen LogP contribution in [0.4, 0.5) is 10.1 Å². The molecule has 2 rings (SSSR count). The molecule has 0 spiro atoms. The highest BCUT2D eigenvalue weighted by Crippen LogP contribution is 2.30. The van der Waals surface area contributed by atoms with E-state index in [0.717, 1.165) is 19.4 Å². The lowest BCUT2D eigenvalue weighted by Gasteiger charge is -2.31. The van der Waals surface area contributed by atoms with Crippen LogP contribution in [0.15, 0.2) is 18.2 Å². The van der Waals surface area contributed by atoms with Crippen LogP contribution in [-0.2, 0) is 0 Å². The van der Waals surface area contributed by atoms with E-state index in [1.165, 1.54) is 25.8 Å². The van der Waals surface area contributed by atoms with E-state index in [9.17, 15) is 9.18 Å². The van der Waals surface area contributed by atoms with E-state index in [0.29, 0.717) is 17.3 Å². The summed E-state index contributed by atoms with van der Waals surface area (Å²) in [4.78, 5) is 13.7. The highest BCUT2D eigenvalue weighted by Gasteiger charge is 2.23. The molecule has 1 saturated heterocycles. The Morgan fingerprint density at radius 3 is 2.83 bits per heavy atom.